The number of aryl methyl sites for hydroxylation is 1. The zero-order valence-corrected chi connectivity index (χ0v) is 9.18. The fourth-order valence-corrected chi connectivity index (χ4v) is 1.82. The molecule has 0 aromatic carbocycles. The predicted octanol–water partition coefficient (Wildman–Crippen LogP) is -0.951. The van der Waals surface area contributed by atoms with E-state index in [1.165, 1.54) is 0 Å². The number of aromatic nitrogens is 2. The highest BCUT2D eigenvalue weighted by Gasteiger charge is 2.27. The van der Waals surface area contributed by atoms with Gasteiger partial charge in [0, 0.05) is 19.6 Å². The van der Waals surface area contributed by atoms with Gasteiger partial charge in [-0.3, -0.25) is 4.79 Å². The number of hydrogen-bond acceptors (Lipinski definition) is 5. The number of hydrogen-bond donors (Lipinski definition) is 2. The van der Waals surface area contributed by atoms with E-state index in [4.69, 9.17) is 5.73 Å². The Bertz CT molecular complexity index is 395. The van der Waals surface area contributed by atoms with E-state index in [-0.39, 0.29) is 11.9 Å². The summed E-state index contributed by atoms with van der Waals surface area (Å²) in [4.78, 5) is 13.2. The van der Waals surface area contributed by atoms with Crippen molar-refractivity contribution in [2.75, 3.05) is 24.5 Å². The van der Waals surface area contributed by atoms with Crippen LogP contribution in [0.4, 0.5) is 5.82 Å². The molecule has 0 aliphatic carbocycles. The number of piperazine rings is 1. The van der Waals surface area contributed by atoms with Crippen molar-refractivity contribution in [2.45, 2.75) is 13.0 Å². The number of primary amides is 1. The van der Waals surface area contributed by atoms with Gasteiger partial charge in [-0.1, -0.05) is 0 Å². The van der Waals surface area contributed by atoms with Gasteiger partial charge in [0.25, 0.3) is 0 Å². The van der Waals surface area contributed by atoms with Crippen LogP contribution in [0.15, 0.2) is 12.3 Å². The molecule has 1 saturated heterocycles. The molecule has 1 unspecified atom stereocenters. The maximum Gasteiger partial charge on any atom is 0.241 e. The van der Waals surface area contributed by atoms with E-state index in [1.807, 2.05) is 17.9 Å². The van der Waals surface area contributed by atoms with Crippen LogP contribution in [0.1, 0.15) is 5.56 Å². The first kappa shape index (κ1) is 10.8. The van der Waals surface area contributed by atoms with E-state index in [2.05, 4.69) is 15.5 Å². The molecule has 6 heteroatoms. The number of carbonyl (C=O) groups is 1. The molecule has 1 amide bonds. The lowest BCUT2D eigenvalue weighted by Crippen LogP contribution is -2.57. The van der Waals surface area contributed by atoms with Crippen molar-refractivity contribution >= 4 is 11.7 Å². The van der Waals surface area contributed by atoms with Crippen LogP contribution in [0, 0.1) is 6.92 Å². The number of nitrogens with zero attached hydrogens (tertiary/aromatic N) is 3. The van der Waals surface area contributed by atoms with Crippen molar-refractivity contribution in [1.29, 1.82) is 0 Å². The SMILES string of the molecule is Cc1cnnc(N2CCNCC2C(N)=O)c1. The van der Waals surface area contributed by atoms with E-state index in [1.54, 1.807) is 6.20 Å². The van der Waals surface area contributed by atoms with Gasteiger partial charge >= 0.3 is 0 Å². The first-order chi connectivity index (χ1) is 7.68. The Hall–Kier alpha value is -1.69. The minimum Gasteiger partial charge on any atom is -0.368 e. The molecule has 1 aliphatic heterocycles. The number of amides is 1. The maximum atomic E-state index is 11.3. The Kier molecular flexibility index (Phi) is 3.00. The van der Waals surface area contributed by atoms with Gasteiger partial charge in [0.2, 0.25) is 5.91 Å². The summed E-state index contributed by atoms with van der Waals surface area (Å²) in [6.45, 7) is 4.04. The molecule has 1 aliphatic rings. The van der Waals surface area contributed by atoms with Crippen molar-refractivity contribution in [1.82, 2.24) is 15.5 Å². The zero-order valence-electron chi connectivity index (χ0n) is 9.18. The van der Waals surface area contributed by atoms with Gasteiger partial charge in [-0.15, -0.1) is 5.10 Å². The molecular formula is C10H15N5O. The lowest BCUT2D eigenvalue weighted by molar-refractivity contribution is -0.119. The van der Waals surface area contributed by atoms with E-state index in [0.717, 1.165) is 12.1 Å². The topological polar surface area (TPSA) is 84.1 Å². The Balaban J connectivity index is 2.26. The highest BCUT2D eigenvalue weighted by atomic mass is 16.1. The van der Waals surface area contributed by atoms with E-state index in [9.17, 15) is 4.79 Å². The lowest BCUT2D eigenvalue weighted by Gasteiger charge is -2.34. The van der Waals surface area contributed by atoms with Crippen LogP contribution in [0.5, 0.6) is 0 Å². The van der Waals surface area contributed by atoms with Crippen LogP contribution in [0.3, 0.4) is 0 Å². The Morgan fingerprint density at radius 1 is 1.69 bits per heavy atom. The summed E-state index contributed by atoms with van der Waals surface area (Å²) < 4.78 is 0. The summed E-state index contributed by atoms with van der Waals surface area (Å²) in [7, 11) is 0. The standard InChI is InChI=1S/C10H15N5O/c1-7-4-9(14-13-5-7)15-3-2-12-6-8(15)10(11)16/h4-5,8,12H,2-3,6H2,1H3,(H2,11,16). The van der Waals surface area contributed by atoms with Gasteiger partial charge in [-0.05, 0) is 18.6 Å². The lowest BCUT2D eigenvalue weighted by atomic mass is 10.1. The monoisotopic (exact) mass is 221 g/mol. The first-order valence-electron chi connectivity index (χ1n) is 5.24. The number of nitrogens with two attached hydrogens (primary N) is 1. The second-order valence-corrected chi connectivity index (χ2v) is 3.91. The van der Waals surface area contributed by atoms with Crippen LogP contribution < -0.4 is 16.0 Å². The summed E-state index contributed by atoms with van der Waals surface area (Å²) in [5.74, 6) is 0.376. The molecule has 0 radical (unpaired) electrons. The maximum absolute atomic E-state index is 11.3. The number of nitrogens with one attached hydrogen (secondary N) is 1. The highest BCUT2D eigenvalue weighted by molar-refractivity contribution is 5.83. The number of rotatable bonds is 2. The van der Waals surface area contributed by atoms with E-state index < -0.39 is 0 Å². The molecular weight excluding hydrogens is 206 g/mol. The van der Waals surface area contributed by atoms with Gasteiger partial charge in [-0.25, -0.2) is 0 Å². The van der Waals surface area contributed by atoms with Gasteiger partial charge < -0.3 is 16.0 Å². The van der Waals surface area contributed by atoms with Crippen LogP contribution in [0.25, 0.3) is 0 Å². The predicted molar refractivity (Wildman–Crippen MR) is 60.0 cm³/mol. The molecule has 1 fully saturated rings. The van der Waals surface area contributed by atoms with E-state index in [0.29, 0.717) is 18.9 Å². The van der Waals surface area contributed by atoms with Crippen molar-refractivity contribution in [3.63, 3.8) is 0 Å². The molecule has 16 heavy (non-hydrogen) atoms. The molecule has 3 N–H and O–H groups in total. The normalized spacial score (nSPS) is 20.8. The summed E-state index contributed by atoms with van der Waals surface area (Å²) in [6.07, 6.45) is 1.69. The molecule has 0 spiro atoms. The van der Waals surface area contributed by atoms with Crippen molar-refractivity contribution in [3.8, 4) is 0 Å². The summed E-state index contributed by atoms with van der Waals surface area (Å²) in [5.41, 5.74) is 6.38. The Morgan fingerprint density at radius 2 is 2.50 bits per heavy atom. The van der Waals surface area contributed by atoms with Crippen LogP contribution in [-0.2, 0) is 4.79 Å². The molecule has 0 saturated carbocycles. The third-order valence-corrected chi connectivity index (χ3v) is 2.64. The summed E-state index contributed by atoms with van der Waals surface area (Å²) in [6, 6.07) is 1.57. The molecule has 2 rings (SSSR count). The number of carbonyl (C=O) groups excluding carboxylic acids is 1. The third kappa shape index (κ3) is 2.11. The molecule has 1 aromatic heterocycles. The fourth-order valence-electron chi connectivity index (χ4n) is 1.82. The van der Waals surface area contributed by atoms with Crippen molar-refractivity contribution in [3.05, 3.63) is 17.8 Å². The number of anilines is 1. The highest BCUT2D eigenvalue weighted by Crippen LogP contribution is 2.15. The first-order valence-corrected chi connectivity index (χ1v) is 5.24. The summed E-state index contributed by atoms with van der Waals surface area (Å²) in [5, 5.41) is 11.1. The molecule has 2 heterocycles. The average Bonchev–Trinajstić information content (AvgIpc) is 2.29. The minimum atomic E-state index is -0.343. The van der Waals surface area contributed by atoms with Gasteiger partial charge in [0.05, 0.1) is 6.20 Å². The van der Waals surface area contributed by atoms with Crippen molar-refractivity contribution in [2.24, 2.45) is 5.73 Å². The quantitative estimate of drug-likeness (QED) is 0.672. The summed E-state index contributed by atoms with van der Waals surface area (Å²) >= 11 is 0. The largest absolute Gasteiger partial charge is 0.368 e. The van der Waals surface area contributed by atoms with Crippen molar-refractivity contribution < 1.29 is 4.79 Å². The molecule has 1 atom stereocenters. The second-order valence-electron chi connectivity index (χ2n) is 3.91. The Morgan fingerprint density at radius 3 is 3.19 bits per heavy atom. The smallest absolute Gasteiger partial charge is 0.241 e. The fraction of sp³-hybridized carbons (Fsp3) is 0.500. The van der Waals surface area contributed by atoms with Crippen LogP contribution in [0.2, 0.25) is 0 Å². The van der Waals surface area contributed by atoms with Gasteiger partial charge in [0.1, 0.15) is 6.04 Å². The minimum absolute atomic E-state index is 0.337. The van der Waals surface area contributed by atoms with E-state index >= 15 is 0 Å². The Labute approximate surface area is 93.8 Å². The zero-order chi connectivity index (χ0) is 11.5. The van der Waals surface area contributed by atoms with Gasteiger partial charge in [-0.2, -0.15) is 5.10 Å². The second kappa shape index (κ2) is 4.44. The molecule has 86 valence electrons. The average molecular weight is 221 g/mol. The van der Waals surface area contributed by atoms with Crippen LogP contribution in [-0.4, -0.2) is 41.8 Å². The molecule has 6 nitrogen and oxygen atoms in total. The van der Waals surface area contributed by atoms with Crippen LogP contribution >= 0.6 is 0 Å². The molecule has 1 aromatic rings. The van der Waals surface area contributed by atoms with Gasteiger partial charge in [0.15, 0.2) is 5.82 Å². The third-order valence-electron chi connectivity index (χ3n) is 2.64. The molecule has 0 bridgehead atoms.